The predicted molar refractivity (Wildman–Crippen MR) is 82.7 cm³/mol. The van der Waals surface area contributed by atoms with Crippen LogP contribution in [0.2, 0.25) is 0 Å². The van der Waals surface area contributed by atoms with Gasteiger partial charge in [0.25, 0.3) is 0 Å². The molecule has 0 aliphatic carbocycles. The second-order valence-electron chi connectivity index (χ2n) is 5.81. The molecule has 1 atom stereocenters. The third-order valence-corrected chi connectivity index (χ3v) is 4.12. The van der Waals surface area contributed by atoms with Crippen LogP contribution in [-0.4, -0.2) is 44.7 Å². The maximum atomic E-state index is 14.4. The van der Waals surface area contributed by atoms with E-state index in [2.05, 4.69) is 24.2 Å². The number of hydrogen-bond acceptors (Lipinski definition) is 3. The summed E-state index contributed by atoms with van der Waals surface area (Å²) >= 11 is 0. The Bertz CT molecular complexity index is 456. The van der Waals surface area contributed by atoms with Crippen LogP contribution in [0, 0.1) is 11.6 Å². The molecule has 1 unspecified atom stereocenters. The minimum atomic E-state index is -0.455. The van der Waals surface area contributed by atoms with Crippen molar-refractivity contribution in [2.45, 2.75) is 32.4 Å². The van der Waals surface area contributed by atoms with E-state index in [4.69, 9.17) is 0 Å². The van der Waals surface area contributed by atoms with Gasteiger partial charge in [0.1, 0.15) is 17.3 Å². The van der Waals surface area contributed by atoms with Crippen LogP contribution in [0.4, 0.5) is 14.5 Å². The summed E-state index contributed by atoms with van der Waals surface area (Å²) in [6.45, 7) is 5.04. The number of nitrogens with zero attached hydrogens (tertiary/aromatic N) is 2. The molecule has 1 aliphatic rings. The standard InChI is InChI=1S/C16H25F2N3/c1-4-13-11-20(3)6-5-7-21(13)16-14(17)8-12(10-19-2)9-15(16)18/h8-9,13,19H,4-7,10-11H2,1-3H3. The summed E-state index contributed by atoms with van der Waals surface area (Å²) in [4.78, 5) is 4.15. The van der Waals surface area contributed by atoms with E-state index in [0.29, 0.717) is 18.7 Å². The van der Waals surface area contributed by atoms with Crippen molar-refractivity contribution in [3.63, 3.8) is 0 Å². The Labute approximate surface area is 125 Å². The van der Waals surface area contributed by atoms with Crippen molar-refractivity contribution in [3.05, 3.63) is 29.3 Å². The van der Waals surface area contributed by atoms with Crippen molar-refractivity contribution in [2.24, 2.45) is 0 Å². The molecule has 0 aromatic heterocycles. The first-order valence-corrected chi connectivity index (χ1v) is 7.64. The molecule has 1 saturated heterocycles. The first-order valence-electron chi connectivity index (χ1n) is 7.64. The van der Waals surface area contributed by atoms with Gasteiger partial charge in [-0.15, -0.1) is 0 Å². The second kappa shape index (κ2) is 7.18. The van der Waals surface area contributed by atoms with Gasteiger partial charge >= 0.3 is 0 Å². The van der Waals surface area contributed by atoms with Crippen LogP contribution in [0.1, 0.15) is 25.3 Å². The highest BCUT2D eigenvalue weighted by molar-refractivity contribution is 5.52. The number of rotatable bonds is 4. The summed E-state index contributed by atoms with van der Waals surface area (Å²) in [5, 5.41) is 2.92. The van der Waals surface area contributed by atoms with Gasteiger partial charge in [-0.2, -0.15) is 0 Å². The van der Waals surface area contributed by atoms with Gasteiger partial charge in [0.2, 0.25) is 0 Å². The van der Waals surface area contributed by atoms with Gasteiger partial charge < -0.3 is 15.1 Å². The number of nitrogens with one attached hydrogen (secondary N) is 1. The molecular formula is C16H25F2N3. The summed E-state index contributed by atoms with van der Waals surface area (Å²) in [7, 11) is 3.83. The molecule has 2 rings (SSSR count). The van der Waals surface area contributed by atoms with Gasteiger partial charge in [-0.25, -0.2) is 8.78 Å². The fourth-order valence-electron chi connectivity index (χ4n) is 3.09. The van der Waals surface area contributed by atoms with Crippen LogP contribution in [-0.2, 0) is 6.54 Å². The summed E-state index contributed by atoms with van der Waals surface area (Å²) in [6.07, 6.45) is 1.80. The van der Waals surface area contributed by atoms with E-state index in [0.717, 1.165) is 25.9 Å². The van der Waals surface area contributed by atoms with Crippen molar-refractivity contribution in [2.75, 3.05) is 38.6 Å². The first-order chi connectivity index (χ1) is 10.1. The van der Waals surface area contributed by atoms with Crippen LogP contribution in [0.25, 0.3) is 0 Å². The molecule has 1 heterocycles. The molecule has 1 aromatic carbocycles. The average molecular weight is 297 g/mol. The van der Waals surface area contributed by atoms with Crippen LogP contribution < -0.4 is 10.2 Å². The highest BCUT2D eigenvalue weighted by atomic mass is 19.1. The molecule has 0 saturated carbocycles. The Kier molecular flexibility index (Phi) is 5.53. The molecule has 118 valence electrons. The van der Waals surface area contributed by atoms with E-state index in [1.165, 1.54) is 12.1 Å². The highest BCUT2D eigenvalue weighted by Crippen LogP contribution is 2.29. The zero-order valence-corrected chi connectivity index (χ0v) is 13.1. The number of anilines is 1. The minimum Gasteiger partial charge on any atom is -0.362 e. The van der Waals surface area contributed by atoms with E-state index in [1.54, 1.807) is 7.05 Å². The largest absolute Gasteiger partial charge is 0.362 e. The molecule has 3 nitrogen and oxygen atoms in total. The molecule has 1 aromatic rings. The zero-order valence-electron chi connectivity index (χ0n) is 13.1. The molecule has 0 spiro atoms. The lowest BCUT2D eigenvalue weighted by molar-refractivity contribution is 0.327. The Morgan fingerprint density at radius 2 is 1.90 bits per heavy atom. The van der Waals surface area contributed by atoms with Gasteiger partial charge in [-0.3, -0.25) is 0 Å². The van der Waals surface area contributed by atoms with Crippen LogP contribution >= 0.6 is 0 Å². The number of benzene rings is 1. The van der Waals surface area contributed by atoms with E-state index in [1.807, 2.05) is 4.90 Å². The van der Waals surface area contributed by atoms with Gasteiger partial charge in [0.15, 0.2) is 0 Å². The Morgan fingerprint density at radius 3 is 2.48 bits per heavy atom. The van der Waals surface area contributed by atoms with Crippen LogP contribution in [0.5, 0.6) is 0 Å². The smallest absolute Gasteiger partial charge is 0.149 e. The third-order valence-electron chi connectivity index (χ3n) is 4.12. The molecule has 5 heteroatoms. The van der Waals surface area contributed by atoms with E-state index >= 15 is 0 Å². The fraction of sp³-hybridized carbons (Fsp3) is 0.625. The Hall–Kier alpha value is -1.20. The number of hydrogen-bond donors (Lipinski definition) is 1. The minimum absolute atomic E-state index is 0.136. The maximum absolute atomic E-state index is 14.4. The monoisotopic (exact) mass is 297 g/mol. The molecular weight excluding hydrogens is 272 g/mol. The zero-order chi connectivity index (χ0) is 15.4. The lowest BCUT2D eigenvalue weighted by atomic mass is 10.1. The van der Waals surface area contributed by atoms with E-state index in [9.17, 15) is 8.78 Å². The fourth-order valence-corrected chi connectivity index (χ4v) is 3.09. The number of halogens is 2. The average Bonchev–Trinajstić information content (AvgIpc) is 2.60. The normalized spacial score (nSPS) is 20.6. The van der Waals surface area contributed by atoms with Crippen molar-refractivity contribution in [1.29, 1.82) is 0 Å². The van der Waals surface area contributed by atoms with Crippen LogP contribution in [0.3, 0.4) is 0 Å². The summed E-state index contributed by atoms with van der Waals surface area (Å²) in [6, 6.07) is 3.03. The topological polar surface area (TPSA) is 18.5 Å². The SMILES string of the molecule is CCC1CN(C)CCCN1c1c(F)cc(CNC)cc1F. The molecule has 1 N–H and O–H groups in total. The van der Waals surface area contributed by atoms with Crippen molar-refractivity contribution in [3.8, 4) is 0 Å². The summed E-state index contributed by atoms with van der Waals surface area (Å²) in [5.41, 5.74) is 0.772. The van der Waals surface area contributed by atoms with Gasteiger partial charge in [-0.05, 0) is 51.2 Å². The molecule has 21 heavy (non-hydrogen) atoms. The Morgan fingerprint density at radius 1 is 1.24 bits per heavy atom. The number of likely N-dealkylation sites (N-methyl/N-ethyl adjacent to an activating group) is 1. The second-order valence-corrected chi connectivity index (χ2v) is 5.81. The van der Waals surface area contributed by atoms with Gasteiger partial charge in [0.05, 0.1) is 0 Å². The molecule has 0 amide bonds. The molecule has 0 bridgehead atoms. The molecule has 1 aliphatic heterocycles. The first kappa shape index (κ1) is 16.2. The maximum Gasteiger partial charge on any atom is 0.149 e. The quantitative estimate of drug-likeness (QED) is 0.921. The van der Waals surface area contributed by atoms with E-state index in [-0.39, 0.29) is 11.7 Å². The molecule has 0 radical (unpaired) electrons. The lowest BCUT2D eigenvalue weighted by Gasteiger charge is -2.32. The molecule has 1 fully saturated rings. The van der Waals surface area contributed by atoms with Crippen molar-refractivity contribution < 1.29 is 8.78 Å². The highest BCUT2D eigenvalue weighted by Gasteiger charge is 2.27. The lowest BCUT2D eigenvalue weighted by Crippen LogP contribution is -2.40. The van der Waals surface area contributed by atoms with Crippen LogP contribution in [0.15, 0.2) is 12.1 Å². The predicted octanol–water partition coefficient (Wildman–Crippen LogP) is 2.60. The van der Waals surface area contributed by atoms with Gasteiger partial charge in [0, 0.05) is 25.7 Å². The summed E-state index contributed by atoms with van der Waals surface area (Å²) in [5.74, 6) is -0.911. The summed E-state index contributed by atoms with van der Waals surface area (Å²) < 4.78 is 28.9. The van der Waals surface area contributed by atoms with Crippen molar-refractivity contribution in [1.82, 2.24) is 10.2 Å². The van der Waals surface area contributed by atoms with Gasteiger partial charge in [-0.1, -0.05) is 6.92 Å². The Balaban J connectivity index is 2.34. The third kappa shape index (κ3) is 3.71. The van der Waals surface area contributed by atoms with Crippen molar-refractivity contribution >= 4 is 5.69 Å². The van der Waals surface area contributed by atoms with E-state index < -0.39 is 11.6 Å².